The maximum Gasteiger partial charge on any atom is 0.243 e. The molecule has 24 heavy (non-hydrogen) atoms. The van der Waals surface area contributed by atoms with Gasteiger partial charge in [-0.2, -0.15) is 4.91 Å². The molecule has 0 spiro atoms. The average molecular weight is 332 g/mol. The normalized spacial score (nSPS) is 17.7. The number of rotatable bonds is 9. The zero-order valence-electron chi connectivity index (χ0n) is 13.7. The van der Waals surface area contributed by atoms with E-state index in [-0.39, 0.29) is 18.5 Å². The van der Waals surface area contributed by atoms with E-state index in [2.05, 4.69) is 10.5 Å². The molecular formula is C17H24N4O3. The van der Waals surface area contributed by atoms with E-state index in [1.54, 1.807) is 0 Å². The van der Waals surface area contributed by atoms with E-state index >= 15 is 0 Å². The highest BCUT2D eigenvalue weighted by Crippen LogP contribution is 2.22. The molecule has 1 aliphatic rings. The van der Waals surface area contributed by atoms with Crippen molar-refractivity contribution in [3.8, 4) is 0 Å². The van der Waals surface area contributed by atoms with Crippen molar-refractivity contribution in [3.63, 3.8) is 0 Å². The highest BCUT2D eigenvalue weighted by molar-refractivity contribution is 5.84. The largest absolute Gasteiger partial charge is 0.350 e. The Morgan fingerprint density at radius 1 is 1.38 bits per heavy atom. The maximum atomic E-state index is 12.6. The van der Waals surface area contributed by atoms with Gasteiger partial charge >= 0.3 is 0 Å². The summed E-state index contributed by atoms with van der Waals surface area (Å²) in [7, 11) is 0. The molecule has 7 nitrogen and oxygen atoms in total. The summed E-state index contributed by atoms with van der Waals surface area (Å²) in [5, 5.41) is 5.78. The second-order valence-electron chi connectivity index (χ2n) is 6.07. The number of nitrogens with zero attached hydrogens (tertiary/aromatic N) is 2. The molecule has 0 fully saturated rings. The van der Waals surface area contributed by atoms with Crippen molar-refractivity contribution in [3.05, 3.63) is 40.3 Å². The predicted molar refractivity (Wildman–Crippen MR) is 91.0 cm³/mol. The molecular weight excluding hydrogens is 308 g/mol. The van der Waals surface area contributed by atoms with Crippen LogP contribution in [0, 0.1) is 4.91 Å². The first-order valence-corrected chi connectivity index (χ1v) is 8.27. The van der Waals surface area contributed by atoms with Gasteiger partial charge in [0.1, 0.15) is 12.6 Å². The number of hydrogen-bond donors (Lipinski definition) is 2. The fraction of sp³-hybridized carbons (Fsp3) is 0.529. The summed E-state index contributed by atoms with van der Waals surface area (Å²) in [6.45, 7) is 1.02. The molecule has 1 aromatic carbocycles. The van der Waals surface area contributed by atoms with Crippen molar-refractivity contribution in [2.24, 2.45) is 10.9 Å². The van der Waals surface area contributed by atoms with Crippen LogP contribution >= 0.6 is 0 Å². The SMILES string of the molecule is NCCCCC(CN=O)NC(=O)C1Cc2ccccc2CN1C=O. The van der Waals surface area contributed by atoms with Crippen molar-refractivity contribution in [1.29, 1.82) is 0 Å². The van der Waals surface area contributed by atoms with Crippen molar-refractivity contribution >= 4 is 12.3 Å². The van der Waals surface area contributed by atoms with Gasteiger partial charge in [-0.25, -0.2) is 0 Å². The Labute approximate surface area is 141 Å². The summed E-state index contributed by atoms with van der Waals surface area (Å²) in [5.41, 5.74) is 7.60. The summed E-state index contributed by atoms with van der Waals surface area (Å²) >= 11 is 0. The van der Waals surface area contributed by atoms with E-state index in [0.29, 0.717) is 32.3 Å². The van der Waals surface area contributed by atoms with Gasteiger partial charge in [-0.05, 0) is 30.5 Å². The zero-order valence-corrected chi connectivity index (χ0v) is 13.7. The lowest BCUT2D eigenvalue weighted by molar-refractivity contribution is -0.134. The molecule has 0 bridgehead atoms. The van der Waals surface area contributed by atoms with Crippen LogP contribution in [-0.4, -0.2) is 42.4 Å². The maximum absolute atomic E-state index is 12.6. The number of nitrogens with one attached hydrogen (secondary N) is 1. The quantitative estimate of drug-likeness (QED) is 0.399. The first kappa shape index (κ1) is 18.1. The molecule has 0 aromatic heterocycles. The molecule has 7 heteroatoms. The Morgan fingerprint density at radius 2 is 2.12 bits per heavy atom. The van der Waals surface area contributed by atoms with Gasteiger partial charge in [-0.1, -0.05) is 35.9 Å². The molecule has 1 heterocycles. The van der Waals surface area contributed by atoms with Crippen LogP contribution in [-0.2, 0) is 22.6 Å². The lowest BCUT2D eigenvalue weighted by Gasteiger charge is -2.34. The second-order valence-corrected chi connectivity index (χ2v) is 6.07. The van der Waals surface area contributed by atoms with Crippen molar-refractivity contribution in [2.45, 2.75) is 44.3 Å². The first-order valence-electron chi connectivity index (χ1n) is 8.27. The Hall–Kier alpha value is -2.28. The summed E-state index contributed by atoms with van der Waals surface area (Å²) in [6.07, 6.45) is 3.50. The summed E-state index contributed by atoms with van der Waals surface area (Å²) in [4.78, 5) is 36.1. The predicted octanol–water partition coefficient (Wildman–Crippen LogP) is 0.950. The highest BCUT2D eigenvalue weighted by Gasteiger charge is 2.31. The molecule has 2 unspecified atom stereocenters. The van der Waals surface area contributed by atoms with Gasteiger partial charge < -0.3 is 16.0 Å². The molecule has 2 amide bonds. The van der Waals surface area contributed by atoms with Crippen LogP contribution in [0.2, 0.25) is 0 Å². The molecule has 1 aromatic rings. The van der Waals surface area contributed by atoms with E-state index in [1.165, 1.54) is 4.90 Å². The molecule has 1 aliphatic heterocycles. The van der Waals surface area contributed by atoms with Crippen LogP contribution in [0.5, 0.6) is 0 Å². The minimum atomic E-state index is -0.555. The molecule has 0 saturated carbocycles. The fourth-order valence-corrected chi connectivity index (χ4v) is 3.03. The molecule has 3 N–H and O–H groups in total. The average Bonchev–Trinajstić information content (AvgIpc) is 2.60. The molecule has 0 saturated heterocycles. The number of unbranched alkanes of at least 4 members (excludes halogenated alkanes) is 1. The summed E-state index contributed by atoms with van der Waals surface area (Å²) in [5.74, 6) is -0.238. The standard InChI is InChI=1S/C17H24N4O3/c18-8-4-3-7-15(10-19-24)20-17(23)16-9-13-5-1-2-6-14(13)11-21(16)12-22/h1-2,5-6,12,15-16H,3-4,7-11,18H2,(H,20,23). The summed E-state index contributed by atoms with van der Waals surface area (Å²) < 4.78 is 0. The monoisotopic (exact) mass is 332 g/mol. The van der Waals surface area contributed by atoms with Gasteiger partial charge in [0.05, 0.1) is 6.04 Å². The number of hydrogen-bond acceptors (Lipinski definition) is 5. The Balaban J connectivity index is 2.03. The van der Waals surface area contributed by atoms with E-state index in [4.69, 9.17) is 5.73 Å². The number of carbonyl (C=O) groups excluding carboxylic acids is 2. The third-order valence-electron chi connectivity index (χ3n) is 4.37. The van der Waals surface area contributed by atoms with Crippen LogP contribution < -0.4 is 11.1 Å². The number of carbonyl (C=O) groups is 2. The van der Waals surface area contributed by atoms with Gasteiger partial charge in [0, 0.05) is 13.0 Å². The highest BCUT2D eigenvalue weighted by atomic mass is 16.3. The zero-order chi connectivity index (χ0) is 17.4. The van der Waals surface area contributed by atoms with Gasteiger partial charge in [0.15, 0.2) is 0 Å². The second kappa shape index (κ2) is 9.12. The molecule has 0 aliphatic carbocycles. The topological polar surface area (TPSA) is 105 Å². The number of amides is 2. The van der Waals surface area contributed by atoms with E-state index in [9.17, 15) is 14.5 Å². The fourth-order valence-electron chi connectivity index (χ4n) is 3.03. The first-order chi connectivity index (χ1) is 11.7. The van der Waals surface area contributed by atoms with Crippen LogP contribution in [0.3, 0.4) is 0 Å². The third-order valence-corrected chi connectivity index (χ3v) is 4.37. The minimum absolute atomic E-state index is 0.0285. The third kappa shape index (κ3) is 4.61. The van der Waals surface area contributed by atoms with E-state index in [1.807, 2.05) is 24.3 Å². The number of benzene rings is 1. The van der Waals surface area contributed by atoms with E-state index in [0.717, 1.165) is 24.0 Å². The Morgan fingerprint density at radius 3 is 2.79 bits per heavy atom. The van der Waals surface area contributed by atoms with Crippen LogP contribution in [0.1, 0.15) is 30.4 Å². The van der Waals surface area contributed by atoms with Crippen LogP contribution in [0.25, 0.3) is 0 Å². The molecule has 2 atom stereocenters. The van der Waals surface area contributed by atoms with Crippen molar-refractivity contribution in [1.82, 2.24) is 10.2 Å². The van der Waals surface area contributed by atoms with Crippen molar-refractivity contribution < 1.29 is 9.59 Å². The smallest absolute Gasteiger partial charge is 0.243 e. The van der Waals surface area contributed by atoms with Gasteiger partial charge in [0.2, 0.25) is 12.3 Å². The van der Waals surface area contributed by atoms with Crippen molar-refractivity contribution in [2.75, 3.05) is 13.1 Å². The summed E-state index contributed by atoms with van der Waals surface area (Å²) in [6, 6.07) is 6.92. The minimum Gasteiger partial charge on any atom is -0.350 e. The van der Waals surface area contributed by atoms with Gasteiger partial charge in [-0.3, -0.25) is 9.59 Å². The Bertz CT molecular complexity index is 579. The number of fused-ring (bicyclic) bond motifs is 1. The molecule has 0 radical (unpaired) electrons. The molecule has 2 rings (SSSR count). The lowest BCUT2D eigenvalue weighted by atomic mass is 9.93. The number of nitrogens with two attached hydrogens (primary N) is 1. The molecule has 130 valence electrons. The van der Waals surface area contributed by atoms with Crippen LogP contribution in [0.4, 0.5) is 0 Å². The van der Waals surface area contributed by atoms with E-state index < -0.39 is 6.04 Å². The van der Waals surface area contributed by atoms with Gasteiger partial charge in [0.25, 0.3) is 0 Å². The number of nitroso groups, excluding NO2 is 1. The van der Waals surface area contributed by atoms with Gasteiger partial charge in [-0.15, -0.1) is 0 Å². The Kier molecular flexibility index (Phi) is 6.87. The lowest BCUT2D eigenvalue weighted by Crippen LogP contribution is -2.52. The van der Waals surface area contributed by atoms with Crippen LogP contribution in [0.15, 0.2) is 29.4 Å².